The molecule has 1 unspecified atom stereocenters. The number of carbonyl (C=O) groups excluding carboxylic acids is 5. The van der Waals surface area contributed by atoms with Crippen LogP contribution in [0.15, 0.2) is 60.7 Å². The molecule has 0 radical (unpaired) electrons. The van der Waals surface area contributed by atoms with E-state index in [1.54, 1.807) is 36.4 Å². The lowest BCUT2D eigenvalue weighted by Crippen LogP contribution is -2.66. The summed E-state index contributed by atoms with van der Waals surface area (Å²) in [5.41, 5.74) is 1.90. The normalized spacial score (nSPS) is 24.2. The highest BCUT2D eigenvalue weighted by atomic mass is 35.5. The molecule has 3 aromatic carbocycles. The van der Waals surface area contributed by atoms with Crippen LogP contribution in [0.2, 0.25) is 5.02 Å². The molecule has 8 rings (SSSR count). The van der Waals surface area contributed by atoms with Crippen LogP contribution in [-0.2, 0) is 14.3 Å². The smallest absolute Gasteiger partial charge is 0.262 e. The van der Waals surface area contributed by atoms with Crippen LogP contribution in [0.3, 0.4) is 0 Å². The molecule has 61 heavy (non-hydrogen) atoms. The highest BCUT2D eigenvalue weighted by molar-refractivity contribution is 6.33. The Labute approximate surface area is 361 Å². The number of nitrogens with one attached hydrogen (secondary N) is 1. The SMILES string of the molecule is [C-]#[N+]c1ccc(OC2C(C)(C)C(CC(=O)c3ccc(N4CCC5(CC4)CN(CCCOc4ccc6c(c4)C(=O)N(C4CCC(=O)NC4=O)C6=O)CCO5)cc3)C2(C)C)cc1Cl. The van der Waals surface area contributed by atoms with Gasteiger partial charge in [0, 0.05) is 67.6 Å². The van der Waals surface area contributed by atoms with Gasteiger partial charge in [0.05, 0.1) is 41.5 Å². The van der Waals surface area contributed by atoms with Crippen molar-refractivity contribution >= 4 is 52.4 Å². The van der Waals surface area contributed by atoms with Crippen LogP contribution in [0.4, 0.5) is 11.4 Å². The van der Waals surface area contributed by atoms with Gasteiger partial charge >= 0.3 is 0 Å². The van der Waals surface area contributed by atoms with Gasteiger partial charge in [-0.25, -0.2) is 4.85 Å². The quantitative estimate of drug-likeness (QED) is 0.0867. The van der Waals surface area contributed by atoms with E-state index >= 15 is 0 Å². The van der Waals surface area contributed by atoms with E-state index in [9.17, 15) is 24.0 Å². The Morgan fingerprint density at radius 3 is 2.31 bits per heavy atom. The molecule has 14 heteroatoms. The Morgan fingerprint density at radius 2 is 1.62 bits per heavy atom. The molecular formula is C47H52ClN5O8. The number of hydrogen-bond acceptors (Lipinski definition) is 10. The molecule has 1 saturated carbocycles. The van der Waals surface area contributed by atoms with E-state index in [2.05, 4.69) is 59.8 Å². The summed E-state index contributed by atoms with van der Waals surface area (Å²) in [4.78, 5) is 73.0. The number of imide groups is 2. The van der Waals surface area contributed by atoms with Crippen molar-refractivity contribution in [1.82, 2.24) is 15.1 Å². The first-order chi connectivity index (χ1) is 29.1. The number of Topliss-reactive ketones (excluding diaryl/α,β-unsaturated/α-hetero) is 1. The zero-order chi connectivity index (χ0) is 43.3. The Hall–Kier alpha value is -5.29. The lowest BCUT2D eigenvalue weighted by Gasteiger charge is -2.63. The van der Waals surface area contributed by atoms with E-state index in [1.807, 2.05) is 12.1 Å². The average molecular weight is 850 g/mol. The summed E-state index contributed by atoms with van der Waals surface area (Å²) in [7, 11) is 0. The van der Waals surface area contributed by atoms with E-state index in [4.69, 9.17) is 32.4 Å². The van der Waals surface area contributed by atoms with E-state index in [0.717, 1.165) is 62.6 Å². The van der Waals surface area contributed by atoms with Crippen molar-refractivity contribution in [2.45, 2.75) is 84.0 Å². The molecule has 1 spiro atoms. The minimum Gasteiger partial charge on any atom is -0.494 e. The van der Waals surface area contributed by atoms with Crippen LogP contribution >= 0.6 is 11.6 Å². The predicted octanol–water partition coefficient (Wildman–Crippen LogP) is 7.13. The summed E-state index contributed by atoms with van der Waals surface area (Å²) in [6.07, 6.45) is 3.02. The van der Waals surface area contributed by atoms with Crippen molar-refractivity contribution in [1.29, 1.82) is 0 Å². The number of ketones is 1. The molecular weight excluding hydrogens is 798 g/mol. The minimum atomic E-state index is -1.01. The van der Waals surface area contributed by atoms with Crippen LogP contribution in [-0.4, -0.2) is 103 Å². The first-order valence-corrected chi connectivity index (χ1v) is 21.5. The number of halogens is 1. The summed E-state index contributed by atoms with van der Waals surface area (Å²) < 4.78 is 18.9. The van der Waals surface area contributed by atoms with Gasteiger partial charge in [0.1, 0.15) is 23.6 Å². The second-order valence-electron chi connectivity index (χ2n) is 18.2. The van der Waals surface area contributed by atoms with Crippen LogP contribution in [0, 0.1) is 23.3 Å². The fraction of sp³-hybridized carbons (Fsp3) is 0.489. The Balaban J connectivity index is 0.785. The number of nitrogens with zero attached hydrogens (tertiary/aromatic N) is 4. The first kappa shape index (κ1) is 42.4. The van der Waals surface area contributed by atoms with E-state index in [0.29, 0.717) is 47.4 Å². The third-order valence-electron chi connectivity index (χ3n) is 13.7. The maximum Gasteiger partial charge on any atom is 0.262 e. The lowest BCUT2D eigenvalue weighted by molar-refractivity contribution is -0.196. The Morgan fingerprint density at radius 1 is 0.918 bits per heavy atom. The molecule has 3 saturated heterocycles. The molecule has 0 aromatic heterocycles. The van der Waals surface area contributed by atoms with Gasteiger partial charge < -0.3 is 19.1 Å². The summed E-state index contributed by atoms with van der Waals surface area (Å²) in [6, 6.07) is 17.0. The highest BCUT2D eigenvalue weighted by Gasteiger charge is 2.63. The van der Waals surface area contributed by atoms with Crippen molar-refractivity contribution in [2.24, 2.45) is 16.7 Å². The summed E-state index contributed by atoms with van der Waals surface area (Å²) in [5.74, 6) is -0.801. The predicted molar refractivity (Wildman–Crippen MR) is 228 cm³/mol. The average Bonchev–Trinajstić information content (AvgIpc) is 3.48. The second kappa shape index (κ2) is 16.5. The topological polar surface area (TPSA) is 139 Å². The fourth-order valence-electron chi connectivity index (χ4n) is 10.6. The number of hydrogen-bond donors (Lipinski definition) is 1. The summed E-state index contributed by atoms with van der Waals surface area (Å²) in [5, 5.41) is 2.58. The van der Waals surface area contributed by atoms with Gasteiger partial charge in [0.15, 0.2) is 5.78 Å². The number of anilines is 1. The molecule has 1 aliphatic carbocycles. The van der Waals surface area contributed by atoms with Gasteiger partial charge in [-0.1, -0.05) is 45.4 Å². The van der Waals surface area contributed by atoms with Gasteiger partial charge in [0.25, 0.3) is 11.8 Å². The number of morpholine rings is 1. The molecule has 3 aromatic rings. The molecule has 4 fully saturated rings. The summed E-state index contributed by atoms with van der Waals surface area (Å²) in [6.45, 7) is 21.2. The largest absolute Gasteiger partial charge is 0.494 e. The molecule has 0 bridgehead atoms. The number of rotatable bonds is 12. The molecule has 1 atom stereocenters. The van der Waals surface area contributed by atoms with Crippen LogP contribution in [0.25, 0.3) is 4.85 Å². The van der Waals surface area contributed by atoms with E-state index in [1.165, 1.54) is 0 Å². The van der Waals surface area contributed by atoms with Crippen LogP contribution in [0.1, 0.15) is 97.3 Å². The zero-order valence-corrected chi connectivity index (χ0v) is 35.9. The van der Waals surface area contributed by atoms with E-state index in [-0.39, 0.29) is 58.2 Å². The van der Waals surface area contributed by atoms with Crippen LogP contribution in [0.5, 0.6) is 11.5 Å². The van der Waals surface area contributed by atoms with Crippen molar-refractivity contribution in [2.75, 3.05) is 50.8 Å². The van der Waals surface area contributed by atoms with Crippen molar-refractivity contribution < 1.29 is 38.2 Å². The standard InChI is InChI=1S/C47H52ClN5O8/c1-45(2)39(46(3,4)44(45)61-32-12-14-36(49-5)35(48)26-32)27-38(54)29-7-9-30(10-8-29)52-20-17-47(18-21-52)28-51(22-24-60-47)19-6-23-59-31-11-13-33-34(25-31)43(58)53(42(33)57)37-15-16-40(55)50-41(37)56/h7-14,25-26,37,39,44H,6,15-24,27-28H2,1-4H3,(H,50,55,56). The molecule has 4 amide bonds. The second-order valence-corrected chi connectivity index (χ2v) is 18.7. The van der Waals surface area contributed by atoms with Gasteiger partial charge in [-0.05, 0) is 86.2 Å². The van der Waals surface area contributed by atoms with Crippen molar-refractivity contribution in [3.63, 3.8) is 0 Å². The van der Waals surface area contributed by atoms with Gasteiger partial charge in [-0.2, -0.15) is 0 Å². The molecule has 4 aliphatic heterocycles. The lowest BCUT2D eigenvalue weighted by atomic mass is 9.44. The Bertz CT molecular complexity index is 2280. The highest BCUT2D eigenvalue weighted by Crippen LogP contribution is 2.62. The number of amides is 4. The van der Waals surface area contributed by atoms with E-state index < -0.39 is 29.7 Å². The number of benzene rings is 3. The van der Waals surface area contributed by atoms with Gasteiger partial charge in [0.2, 0.25) is 17.5 Å². The summed E-state index contributed by atoms with van der Waals surface area (Å²) >= 11 is 6.28. The molecule has 13 nitrogen and oxygen atoms in total. The number of carbonyl (C=O) groups is 5. The maximum absolute atomic E-state index is 13.7. The molecule has 1 N–H and O–H groups in total. The maximum atomic E-state index is 13.7. The molecule has 4 heterocycles. The van der Waals surface area contributed by atoms with Gasteiger partial charge in [-0.3, -0.25) is 39.1 Å². The number of piperidine rings is 2. The van der Waals surface area contributed by atoms with Gasteiger partial charge in [-0.15, -0.1) is 0 Å². The number of ether oxygens (including phenoxy) is 3. The zero-order valence-electron chi connectivity index (χ0n) is 35.1. The van der Waals surface area contributed by atoms with Crippen LogP contribution < -0.4 is 19.7 Å². The van der Waals surface area contributed by atoms with Crippen molar-refractivity contribution in [3.8, 4) is 11.5 Å². The minimum absolute atomic E-state index is 0.0695. The molecule has 5 aliphatic rings. The number of fused-ring (bicyclic) bond motifs is 1. The first-order valence-electron chi connectivity index (χ1n) is 21.2. The third kappa shape index (κ3) is 8.13. The molecule has 320 valence electrons. The fourth-order valence-corrected chi connectivity index (χ4v) is 10.8. The van der Waals surface area contributed by atoms with Crippen molar-refractivity contribution in [3.05, 3.63) is 93.8 Å². The Kier molecular flexibility index (Phi) is 11.5. The monoisotopic (exact) mass is 849 g/mol. The third-order valence-corrected chi connectivity index (χ3v) is 14.0.